The Balaban J connectivity index is 2.22. The zero-order chi connectivity index (χ0) is 26.3. The van der Waals surface area contributed by atoms with Gasteiger partial charge in [0, 0.05) is 6.54 Å². The molecule has 3 rings (SSSR count). The van der Waals surface area contributed by atoms with Crippen LogP contribution < -0.4 is 9.04 Å². The lowest BCUT2D eigenvalue weighted by molar-refractivity contribution is 0.0601. The quantitative estimate of drug-likeness (QED) is 0.337. The molecular weight excluding hydrogens is 476 g/mol. The average Bonchev–Trinajstić information content (AvgIpc) is 2.90. The van der Waals surface area contributed by atoms with E-state index in [2.05, 4.69) is 18.7 Å². The van der Waals surface area contributed by atoms with E-state index in [1.165, 1.54) is 30.7 Å². The van der Waals surface area contributed by atoms with Gasteiger partial charge in [0.05, 0.1) is 36.9 Å². The molecule has 0 spiro atoms. The largest absolute Gasteiger partial charge is 0.497 e. The van der Waals surface area contributed by atoms with Gasteiger partial charge in [0.15, 0.2) is 0 Å². The highest BCUT2D eigenvalue weighted by atomic mass is 32.2. The molecule has 0 bridgehead atoms. The Morgan fingerprint density at radius 2 is 1.50 bits per heavy atom. The summed E-state index contributed by atoms with van der Waals surface area (Å²) in [5.41, 5.74) is 2.91. The molecule has 0 aliphatic carbocycles. The molecule has 0 saturated carbocycles. The molecule has 0 aliphatic heterocycles. The first kappa shape index (κ1) is 27.2. The third-order valence-electron chi connectivity index (χ3n) is 6.13. The molecule has 0 N–H and O–H groups in total. The topological polar surface area (TPSA) is 76.2 Å². The first-order valence-corrected chi connectivity index (χ1v) is 13.3. The van der Waals surface area contributed by atoms with Crippen LogP contribution in [-0.2, 0) is 27.8 Å². The van der Waals surface area contributed by atoms with E-state index >= 15 is 0 Å². The molecule has 3 aromatic carbocycles. The van der Waals surface area contributed by atoms with E-state index in [0.29, 0.717) is 23.5 Å². The molecule has 0 atom stereocenters. The molecule has 0 fully saturated rings. The van der Waals surface area contributed by atoms with Crippen LogP contribution in [0.3, 0.4) is 0 Å². The lowest BCUT2D eigenvalue weighted by Gasteiger charge is -2.29. The van der Waals surface area contributed by atoms with Crippen LogP contribution in [-0.4, -0.2) is 46.6 Å². The van der Waals surface area contributed by atoms with E-state index in [0.717, 1.165) is 24.2 Å². The van der Waals surface area contributed by atoms with Crippen molar-refractivity contribution < 1.29 is 22.7 Å². The maximum absolute atomic E-state index is 14.0. The number of esters is 1. The van der Waals surface area contributed by atoms with Crippen molar-refractivity contribution in [2.75, 3.05) is 31.6 Å². The number of methoxy groups -OCH3 is 2. The third-order valence-corrected chi connectivity index (χ3v) is 7.89. The Kier molecular flexibility index (Phi) is 9.12. The predicted octanol–water partition coefficient (Wildman–Crippen LogP) is 5.03. The van der Waals surface area contributed by atoms with Crippen LogP contribution in [0.4, 0.5) is 5.69 Å². The summed E-state index contributed by atoms with van der Waals surface area (Å²) < 4.78 is 39.7. The van der Waals surface area contributed by atoms with Crippen LogP contribution in [0.25, 0.3) is 0 Å². The Bertz CT molecular complexity index is 1270. The Morgan fingerprint density at radius 1 is 0.861 bits per heavy atom. The summed E-state index contributed by atoms with van der Waals surface area (Å²) in [7, 11) is -1.22. The Hall–Kier alpha value is -3.36. The number of ether oxygens (including phenoxy) is 2. The van der Waals surface area contributed by atoms with Gasteiger partial charge in [0.25, 0.3) is 10.0 Å². The van der Waals surface area contributed by atoms with Crippen molar-refractivity contribution in [2.45, 2.75) is 38.8 Å². The third kappa shape index (κ3) is 6.06. The van der Waals surface area contributed by atoms with Gasteiger partial charge in [-0.2, -0.15) is 0 Å². The first-order valence-electron chi connectivity index (χ1n) is 11.9. The molecule has 3 aromatic rings. The van der Waals surface area contributed by atoms with Gasteiger partial charge in [0.2, 0.25) is 0 Å². The summed E-state index contributed by atoms with van der Waals surface area (Å²) in [6.45, 7) is 8.39. The van der Waals surface area contributed by atoms with Crippen molar-refractivity contribution in [3.05, 3.63) is 89.0 Å². The maximum Gasteiger partial charge on any atom is 0.340 e. The summed E-state index contributed by atoms with van der Waals surface area (Å²) in [6.07, 6.45) is 0. The van der Waals surface area contributed by atoms with Crippen LogP contribution in [0.15, 0.2) is 71.6 Å². The minimum atomic E-state index is -4.05. The highest BCUT2D eigenvalue weighted by Crippen LogP contribution is 2.34. The number of carbonyl (C=O) groups is 1. The molecular formula is C28H34N2O5S. The van der Waals surface area contributed by atoms with Crippen molar-refractivity contribution in [1.82, 2.24) is 4.90 Å². The number of hydrogen-bond donors (Lipinski definition) is 0. The lowest BCUT2D eigenvalue weighted by Crippen LogP contribution is -2.33. The second-order valence-corrected chi connectivity index (χ2v) is 10.3. The second kappa shape index (κ2) is 12.1. The summed E-state index contributed by atoms with van der Waals surface area (Å²) in [4.78, 5) is 15.3. The summed E-state index contributed by atoms with van der Waals surface area (Å²) in [5.74, 6) is -0.0340. The van der Waals surface area contributed by atoms with Gasteiger partial charge in [-0.1, -0.05) is 50.2 Å². The van der Waals surface area contributed by atoms with Crippen molar-refractivity contribution in [1.29, 1.82) is 0 Å². The SMILES string of the molecule is CCN(CC)Cc1cc(C)c(N(Cc2ccccc2)S(=O)(=O)c2ccc(OC)cc2)c(C(=O)OC)c1. The number of benzene rings is 3. The Labute approximate surface area is 214 Å². The van der Waals surface area contributed by atoms with Crippen LogP contribution in [0.2, 0.25) is 0 Å². The molecule has 8 heteroatoms. The van der Waals surface area contributed by atoms with Gasteiger partial charge in [0.1, 0.15) is 5.75 Å². The molecule has 0 unspecified atom stereocenters. The van der Waals surface area contributed by atoms with E-state index in [9.17, 15) is 13.2 Å². The average molecular weight is 511 g/mol. The standard InChI is InChI=1S/C28H34N2O5S/c1-6-29(7-2)19-23-17-21(3)27(26(18-23)28(31)35-5)30(20-22-11-9-8-10-12-22)36(32,33)25-15-13-24(34-4)14-16-25/h8-18H,6-7,19-20H2,1-5H3. The maximum atomic E-state index is 14.0. The monoisotopic (exact) mass is 510 g/mol. The van der Waals surface area contributed by atoms with Crippen molar-refractivity contribution >= 4 is 21.7 Å². The van der Waals surface area contributed by atoms with Crippen molar-refractivity contribution in [3.63, 3.8) is 0 Å². The van der Waals surface area contributed by atoms with Crippen LogP contribution in [0, 0.1) is 6.92 Å². The van der Waals surface area contributed by atoms with Gasteiger partial charge >= 0.3 is 5.97 Å². The van der Waals surface area contributed by atoms with E-state index in [-0.39, 0.29) is 17.0 Å². The van der Waals surface area contributed by atoms with Gasteiger partial charge < -0.3 is 9.47 Å². The van der Waals surface area contributed by atoms with Gasteiger partial charge in [-0.25, -0.2) is 13.2 Å². The lowest BCUT2D eigenvalue weighted by atomic mass is 10.0. The van der Waals surface area contributed by atoms with Gasteiger partial charge in [-0.15, -0.1) is 0 Å². The highest BCUT2D eigenvalue weighted by molar-refractivity contribution is 7.92. The molecule has 0 radical (unpaired) electrons. The fraction of sp³-hybridized carbons (Fsp3) is 0.321. The molecule has 0 saturated heterocycles. The first-order chi connectivity index (χ1) is 17.2. The molecule has 192 valence electrons. The van der Waals surface area contributed by atoms with Crippen LogP contribution in [0.5, 0.6) is 5.75 Å². The predicted molar refractivity (Wildman–Crippen MR) is 142 cm³/mol. The highest BCUT2D eigenvalue weighted by Gasteiger charge is 2.31. The number of nitrogens with zero attached hydrogens (tertiary/aromatic N) is 2. The molecule has 7 nitrogen and oxygen atoms in total. The van der Waals surface area contributed by atoms with Gasteiger partial charge in [-0.3, -0.25) is 9.21 Å². The number of rotatable bonds is 11. The summed E-state index contributed by atoms with van der Waals surface area (Å²) >= 11 is 0. The van der Waals surface area contributed by atoms with Crippen molar-refractivity contribution in [2.24, 2.45) is 0 Å². The zero-order valence-corrected chi connectivity index (χ0v) is 22.3. The number of aryl methyl sites for hydroxylation is 1. The summed E-state index contributed by atoms with van der Waals surface area (Å²) in [5, 5.41) is 0. The summed E-state index contributed by atoms with van der Waals surface area (Å²) in [6, 6.07) is 19.2. The second-order valence-electron chi connectivity index (χ2n) is 8.43. The zero-order valence-electron chi connectivity index (χ0n) is 21.5. The molecule has 0 heterocycles. The van der Waals surface area contributed by atoms with Crippen LogP contribution in [0.1, 0.15) is 40.9 Å². The Morgan fingerprint density at radius 3 is 2.06 bits per heavy atom. The molecule has 0 aromatic heterocycles. The molecule has 36 heavy (non-hydrogen) atoms. The molecule has 0 aliphatic rings. The number of hydrogen-bond acceptors (Lipinski definition) is 6. The minimum Gasteiger partial charge on any atom is -0.497 e. The fourth-order valence-corrected chi connectivity index (χ4v) is 5.69. The number of carbonyl (C=O) groups excluding carboxylic acids is 1. The van der Waals surface area contributed by atoms with E-state index < -0.39 is 16.0 Å². The minimum absolute atomic E-state index is 0.0510. The molecule has 0 amide bonds. The smallest absolute Gasteiger partial charge is 0.340 e. The van der Waals surface area contributed by atoms with E-state index in [1.54, 1.807) is 18.2 Å². The number of sulfonamides is 1. The van der Waals surface area contributed by atoms with E-state index in [4.69, 9.17) is 9.47 Å². The van der Waals surface area contributed by atoms with Crippen LogP contribution >= 0.6 is 0 Å². The fourth-order valence-electron chi connectivity index (χ4n) is 4.16. The normalized spacial score (nSPS) is 11.4. The van der Waals surface area contributed by atoms with Crippen molar-refractivity contribution in [3.8, 4) is 5.75 Å². The van der Waals surface area contributed by atoms with E-state index in [1.807, 2.05) is 43.3 Å². The van der Waals surface area contributed by atoms with Gasteiger partial charge in [-0.05, 0) is 67.0 Å². The number of anilines is 1.